The third-order valence-corrected chi connectivity index (χ3v) is 9.81. The Labute approximate surface area is 315 Å². The van der Waals surface area contributed by atoms with E-state index < -0.39 is 0 Å². The summed E-state index contributed by atoms with van der Waals surface area (Å²) < 4.78 is 0. The fourth-order valence-corrected chi connectivity index (χ4v) is 7.05. The second kappa shape index (κ2) is 14.9. The average Bonchev–Trinajstić information content (AvgIpc) is 3.27. The highest BCUT2D eigenvalue weighted by Gasteiger charge is 2.21. The molecule has 1 aliphatic carbocycles. The molecule has 8 aromatic rings. The van der Waals surface area contributed by atoms with Gasteiger partial charge in [0.25, 0.3) is 0 Å². The van der Waals surface area contributed by atoms with Crippen LogP contribution in [-0.4, -0.2) is 24.9 Å². The zero-order valence-electron chi connectivity index (χ0n) is 29.5. The van der Waals surface area contributed by atoms with Crippen molar-refractivity contribution in [1.82, 2.24) is 24.9 Å². The molecule has 54 heavy (non-hydrogen) atoms. The van der Waals surface area contributed by atoms with Crippen molar-refractivity contribution < 1.29 is 0 Å². The average molecular weight is 694 g/mol. The van der Waals surface area contributed by atoms with E-state index in [4.69, 9.17) is 19.9 Å². The molecule has 4 aromatic heterocycles. The summed E-state index contributed by atoms with van der Waals surface area (Å²) in [7, 11) is 0. The van der Waals surface area contributed by atoms with E-state index in [0.717, 1.165) is 74.0 Å². The van der Waals surface area contributed by atoms with Crippen molar-refractivity contribution in [2.75, 3.05) is 0 Å². The highest BCUT2D eigenvalue weighted by atomic mass is 14.9. The summed E-state index contributed by atoms with van der Waals surface area (Å²) in [5, 5.41) is 0. The van der Waals surface area contributed by atoms with Crippen LogP contribution in [0, 0.1) is 0 Å². The lowest BCUT2D eigenvalue weighted by molar-refractivity contribution is 0.873. The number of aromatic nitrogens is 5. The first-order chi connectivity index (χ1) is 26.7. The van der Waals surface area contributed by atoms with E-state index >= 15 is 0 Å². The Morgan fingerprint density at radius 3 is 1.67 bits per heavy atom. The maximum Gasteiger partial charge on any atom is 0.160 e. The van der Waals surface area contributed by atoms with Crippen LogP contribution >= 0.6 is 0 Å². The largest absolute Gasteiger partial charge is 0.255 e. The van der Waals surface area contributed by atoms with Gasteiger partial charge in [-0.15, -0.1) is 0 Å². The normalized spacial score (nSPS) is 13.7. The summed E-state index contributed by atoms with van der Waals surface area (Å²) >= 11 is 0. The van der Waals surface area contributed by atoms with Crippen LogP contribution in [0.1, 0.15) is 23.5 Å². The standard InChI is InChI=1S/C49H35N5/c1-4-14-34(15-5-1)40-31-47(43-22-12-13-28-50-43)52-48(32-40)46-30-39(27-29-51-46)42-21-11-10-20-41(42)35-23-25-37(26-24-35)45-33-44(36-16-6-2-7-17-36)53-49(54-45)38-18-8-3-9-19-38/h1-19,21-33,41H,20H2. The second-order valence-corrected chi connectivity index (χ2v) is 13.3. The van der Waals surface area contributed by atoms with Gasteiger partial charge in [0.2, 0.25) is 0 Å². The molecule has 5 heteroatoms. The number of nitrogens with zero attached hydrogens (tertiary/aromatic N) is 5. The number of pyridine rings is 3. The fraction of sp³-hybridized carbons (Fsp3) is 0.0408. The van der Waals surface area contributed by atoms with E-state index in [2.05, 4.69) is 126 Å². The van der Waals surface area contributed by atoms with Crippen LogP contribution in [-0.2, 0) is 0 Å². The molecule has 9 rings (SSSR count). The Hall–Kier alpha value is -7.11. The monoisotopic (exact) mass is 693 g/mol. The van der Waals surface area contributed by atoms with Crippen LogP contribution in [0.5, 0.6) is 0 Å². The Morgan fingerprint density at radius 2 is 0.981 bits per heavy atom. The summed E-state index contributed by atoms with van der Waals surface area (Å²) in [6.07, 6.45) is 11.2. The van der Waals surface area contributed by atoms with Gasteiger partial charge in [-0.2, -0.15) is 0 Å². The van der Waals surface area contributed by atoms with E-state index in [1.165, 1.54) is 11.1 Å². The number of hydrogen-bond acceptors (Lipinski definition) is 5. The molecule has 0 spiro atoms. The van der Waals surface area contributed by atoms with Crippen molar-refractivity contribution in [3.63, 3.8) is 0 Å². The zero-order chi connectivity index (χ0) is 36.1. The van der Waals surface area contributed by atoms with Gasteiger partial charge in [-0.1, -0.05) is 140 Å². The molecular formula is C49H35N5. The predicted molar refractivity (Wildman–Crippen MR) is 219 cm³/mol. The van der Waals surface area contributed by atoms with Gasteiger partial charge in [0, 0.05) is 35.0 Å². The molecule has 0 bridgehead atoms. The maximum absolute atomic E-state index is 5.08. The van der Waals surface area contributed by atoms with Gasteiger partial charge >= 0.3 is 0 Å². The smallest absolute Gasteiger partial charge is 0.160 e. The lowest BCUT2D eigenvalue weighted by Gasteiger charge is -2.23. The molecule has 0 fully saturated rings. The van der Waals surface area contributed by atoms with Crippen molar-refractivity contribution in [3.05, 3.63) is 206 Å². The number of rotatable bonds is 8. The van der Waals surface area contributed by atoms with Crippen LogP contribution in [0.2, 0.25) is 0 Å². The molecule has 0 N–H and O–H groups in total. The topological polar surface area (TPSA) is 64.5 Å². The van der Waals surface area contributed by atoms with Crippen LogP contribution in [0.25, 0.3) is 73.4 Å². The van der Waals surface area contributed by atoms with Crippen molar-refractivity contribution >= 4 is 5.57 Å². The van der Waals surface area contributed by atoms with Crippen LogP contribution in [0.3, 0.4) is 0 Å². The quantitative estimate of drug-likeness (QED) is 0.158. The molecule has 256 valence electrons. The van der Waals surface area contributed by atoms with Crippen molar-refractivity contribution in [1.29, 1.82) is 0 Å². The van der Waals surface area contributed by atoms with Gasteiger partial charge in [0.1, 0.15) is 0 Å². The van der Waals surface area contributed by atoms with E-state index in [9.17, 15) is 0 Å². The van der Waals surface area contributed by atoms with Gasteiger partial charge in [-0.3, -0.25) is 9.97 Å². The van der Waals surface area contributed by atoms with E-state index in [0.29, 0.717) is 5.82 Å². The van der Waals surface area contributed by atoms with Crippen LogP contribution < -0.4 is 0 Å². The Morgan fingerprint density at radius 1 is 0.389 bits per heavy atom. The third kappa shape index (κ3) is 6.91. The van der Waals surface area contributed by atoms with E-state index in [1.54, 1.807) is 6.20 Å². The summed E-state index contributed by atoms with van der Waals surface area (Å²) in [6, 6.07) is 56.2. The van der Waals surface area contributed by atoms with E-state index in [1.807, 2.05) is 66.9 Å². The van der Waals surface area contributed by atoms with E-state index in [-0.39, 0.29) is 5.92 Å². The third-order valence-electron chi connectivity index (χ3n) is 9.81. The predicted octanol–water partition coefficient (Wildman–Crippen LogP) is 11.8. The lowest BCUT2D eigenvalue weighted by atomic mass is 9.81. The Bertz CT molecular complexity index is 2490. The van der Waals surface area contributed by atoms with Gasteiger partial charge in [-0.05, 0) is 76.7 Å². The van der Waals surface area contributed by atoms with Gasteiger partial charge in [0.05, 0.1) is 34.2 Å². The fourth-order valence-electron chi connectivity index (χ4n) is 7.05. The Kier molecular flexibility index (Phi) is 9.02. The molecule has 0 radical (unpaired) electrons. The first-order valence-corrected chi connectivity index (χ1v) is 18.2. The van der Waals surface area contributed by atoms with Crippen molar-refractivity contribution in [2.24, 2.45) is 0 Å². The molecule has 4 aromatic carbocycles. The molecule has 1 unspecified atom stereocenters. The first kappa shape index (κ1) is 32.8. The number of hydrogen-bond donors (Lipinski definition) is 0. The Balaban J connectivity index is 1.05. The summed E-state index contributed by atoms with van der Waals surface area (Å²) in [4.78, 5) is 24.5. The molecule has 0 saturated heterocycles. The number of allylic oxidation sites excluding steroid dienone is 4. The SMILES string of the molecule is C1=CCC(c2ccc(-c3cc(-c4ccccc4)nc(-c4ccccc4)n3)cc2)C(c2ccnc(-c3cc(-c4ccccc4)cc(-c4ccccn4)n3)c2)=C1. The highest BCUT2D eigenvalue weighted by molar-refractivity contribution is 5.79. The van der Waals surface area contributed by atoms with Crippen molar-refractivity contribution in [2.45, 2.75) is 12.3 Å². The minimum absolute atomic E-state index is 0.178. The summed E-state index contributed by atoms with van der Waals surface area (Å²) in [6.45, 7) is 0. The van der Waals surface area contributed by atoms with Gasteiger partial charge in [-0.25, -0.2) is 15.0 Å². The first-order valence-electron chi connectivity index (χ1n) is 18.2. The molecule has 1 atom stereocenters. The molecular weight excluding hydrogens is 659 g/mol. The zero-order valence-corrected chi connectivity index (χ0v) is 29.5. The maximum atomic E-state index is 5.08. The molecule has 0 saturated carbocycles. The van der Waals surface area contributed by atoms with Gasteiger partial charge in [0.15, 0.2) is 5.82 Å². The molecule has 5 nitrogen and oxygen atoms in total. The van der Waals surface area contributed by atoms with Crippen LogP contribution in [0.4, 0.5) is 0 Å². The molecule has 4 heterocycles. The summed E-state index contributed by atoms with van der Waals surface area (Å²) in [5.74, 6) is 0.889. The van der Waals surface area contributed by atoms with Crippen LogP contribution in [0.15, 0.2) is 194 Å². The molecule has 1 aliphatic rings. The molecule has 0 aliphatic heterocycles. The highest BCUT2D eigenvalue weighted by Crippen LogP contribution is 2.40. The number of benzene rings is 4. The van der Waals surface area contributed by atoms with Crippen molar-refractivity contribution in [3.8, 4) is 67.8 Å². The summed E-state index contributed by atoms with van der Waals surface area (Å²) in [5.41, 5.74) is 14.0. The molecule has 0 amide bonds. The second-order valence-electron chi connectivity index (χ2n) is 13.3. The van der Waals surface area contributed by atoms with Gasteiger partial charge < -0.3 is 0 Å². The minimum atomic E-state index is 0.178. The minimum Gasteiger partial charge on any atom is -0.255 e. The lowest BCUT2D eigenvalue weighted by Crippen LogP contribution is -2.05.